The van der Waals surface area contributed by atoms with Crippen LogP contribution in [0.3, 0.4) is 0 Å². The molecule has 37 heavy (non-hydrogen) atoms. The highest BCUT2D eigenvalue weighted by molar-refractivity contribution is 14.0. The Morgan fingerprint density at radius 3 is 1.78 bits per heavy atom. The van der Waals surface area contributed by atoms with E-state index in [9.17, 15) is 26.3 Å². The summed E-state index contributed by atoms with van der Waals surface area (Å²) in [5.41, 5.74) is 11.5. The van der Waals surface area contributed by atoms with E-state index in [1.54, 1.807) is 25.6 Å². The maximum atomic E-state index is 12.6. The highest BCUT2D eigenvalue weighted by Gasteiger charge is 2.31. The lowest BCUT2D eigenvalue weighted by molar-refractivity contribution is -0.138. The summed E-state index contributed by atoms with van der Waals surface area (Å²) < 4.78 is 75.8. The second-order valence-electron chi connectivity index (χ2n) is 7.24. The summed E-state index contributed by atoms with van der Waals surface area (Å²) in [7, 11) is 0. The van der Waals surface area contributed by atoms with Crippen molar-refractivity contribution in [2.45, 2.75) is 33.6 Å². The van der Waals surface area contributed by atoms with Gasteiger partial charge >= 0.3 is 12.4 Å². The number of aromatic amines is 1. The van der Waals surface area contributed by atoms with E-state index in [0.29, 0.717) is 10.2 Å². The number of hydrogen-bond donors (Lipinski definition) is 3. The Hall–Kier alpha value is -2.75. The smallest absolute Gasteiger partial charge is 0.399 e. The molecule has 2 heterocycles. The molecule has 0 fully saturated rings. The summed E-state index contributed by atoms with van der Waals surface area (Å²) in [6, 6.07) is 6.71. The highest BCUT2D eigenvalue weighted by atomic mass is 127. The van der Waals surface area contributed by atoms with Gasteiger partial charge in [0, 0.05) is 39.6 Å². The number of H-pyrrole nitrogens is 1. The van der Waals surface area contributed by atoms with Crippen LogP contribution in [0.1, 0.15) is 29.9 Å². The van der Waals surface area contributed by atoms with Crippen molar-refractivity contribution in [2.24, 2.45) is 0 Å². The van der Waals surface area contributed by atoms with Crippen LogP contribution in [0.25, 0.3) is 5.69 Å². The number of alkyl halides is 6. The number of nitrogens with one attached hydrogen (secondary N) is 1. The summed E-state index contributed by atoms with van der Waals surface area (Å²) in [5.74, 6) is 0. The average molecular weight is 707 g/mol. The first-order chi connectivity index (χ1) is 16.1. The number of benzene rings is 2. The summed E-state index contributed by atoms with van der Waals surface area (Å²) in [5, 5.41) is 0. The van der Waals surface area contributed by atoms with Gasteiger partial charge in [0.05, 0.1) is 29.5 Å². The van der Waals surface area contributed by atoms with E-state index in [1.165, 1.54) is 23.0 Å². The van der Waals surface area contributed by atoms with Gasteiger partial charge in [-0.15, -0.1) is 24.0 Å². The van der Waals surface area contributed by atoms with E-state index in [1.807, 2.05) is 6.92 Å². The van der Waals surface area contributed by atoms with Gasteiger partial charge in [0.15, 0.2) is 0 Å². The van der Waals surface area contributed by atoms with E-state index in [4.69, 9.17) is 11.5 Å². The quantitative estimate of drug-likeness (QED) is 0.107. The molecule has 0 bridgehead atoms. The van der Waals surface area contributed by atoms with E-state index in [2.05, 4.69) is 30.9 Å². The van der Waals surface area contributed by atoms with Crippen LogP contribution in [0.4, 0.5) is 37.7 Å². The zero-order chi connectivity index (χ0) is 26.4. The first-order valence-corrected chi connectivity index (χ1v) is 10.5. The number of hydrogen-bond acceptors (Lipinski definition) is 4. The minimum absolute atomic E-state index is 0. The lowest BCUT2D eigenvalue weighted by atomic mass is 10.1. The second kappa shape index (κ2) is 14.3. The number of aryl methyl sites for hydroxylation is 2. The molecule has 0 aliphatic carbocycles. The van der Waals surface area contributed by atoms with Gasteiger partial charge in [0.2, 0.25) is 0 Å². The van der Waals surface area contributed by atoms with Gasteiger partial charge in [-0.1, -0.05) is 23.4 Å². The first-order valence-electron chi connectivity index (χ1n) is 9.72. The van der Waals surface area contributed by atoms with Gasteiger partial charge < -0.3 is 21.0 Å². The van der Waals surface area contributed by atoms with Crippen molar-refractivity contribution in [3.8, 4) is 5.69 Å². The fourth-order valence-electron chi connectivity index (χ4n) is 2.61. The van der Waals surface area contributed by atoms with Crippen LogP contribution in [-0.2, 0) is 12.4 Å². The first kappa shape index (κ1) is 34.2. The third-order valence-electron chi connectivity index (χ3n) is 4.16. The van der Waals surface area contributed by atoms with Crippen LogP contribution >= 0.6 is 39.9 Å². The average Bonchev–Trinajstić information content (AvgIpc) is 3.37. The Bertz CT molecular complexity index is 1220. The number of imidazole rings is 2. The molecule has 0 saturated heterocycles. The predicted octanol–water partition coefficient (Wildman–Crippen LogP) is 7.80. The summed E-state index contributed by atoms with van der Waals surface area (Å²) in [6.45, 7) is 3.72. The van der Waals surface area contributed by atoms with Crippen LogP contribution in [0.5, 0.6) is 0 Å². The molecule has 0 amide bonds. The molecule has 2 aromatic carbocycles. The monoisotopic (exact) mass is 706 g/mol. The lowest BCUT2D eigenvalue weighted by Gasteiger charge is -2.10. The standard InChI is InChI=1S/C11H10F3N3.C7H5BrF3N.C4H6N2.CH4.HI/c1-7-5-17(6-16-7)10-3-8(11(12,13)14)2-9(15)4-10;8-5-1-4(7(9,10)11)2-6(12)3-5;1-4-2-5-3-6-4;;/h2-6H,15H2,1H3;1-3H,12H2;2-3H,1H3,(H,5,6);1H4;1H. The number of rotatable bonds is 1. The molecule has 2 aromatic heterocycles. The molecule has 0 saturated carbocycles. The number of nitrogen functional groups attached to an aromatic ring is 2. The maximum absolute atomic E-state index is 12.6. The largest absolute Gasteiger partial charge is 0.416 e. The van der Waals surface area contributed by atoms with Crippen molar-refractivity contribution in [3.05, 3.63) is 88.4 Å². The summed E-state index contributed by atoms with van der Waals surface area (Å²) in [6.07, 6.45) is -2.22. The summed E-state index contributed by atoms with van der Waals surface area (Å²) >= 11 is 2.93. The van der Waals surface area contributed by atoms with Gasteiger partial charge in [0.1, 0.15) is 0 Å². The fourth-order valence-corrected chi connectivity index (χ4v) is 3.12. The molecule has 0 unspecified atom stereocenters. The van der Waals surface area contributed by atoms with E-state index < -0.39 is 23.5 Å². The van der Waals surface area contributed by atoms with Gasteiger partial charge in [0.25, 0.3) is 0 Å². The fraction of sp³-hybridized carbons (Fsp3) is 0.217. The topological polar surface area (TPSA) is 98.5 Å². The van der Waals surface area contributed by atoms with E-state index in [-0.39, 0.29) is 42.8 Å². The molecule has 5 N–H and O–H groups in total. The summed E-state index contributed by atoms with van der Waals surface area (Å²) in [4.78, 5) is 10.6. The van der Waals surface area contributed by atoms with Crippen molar-refractivity contribution in [2.75, 3.05) is 11.5 Å². The molecule has 4 aromatic rings. The molecule has 0 atom stereocenters. The van der Waals surface area contributed by atoms with Gasteiger partial charge in [-0.3, -0.25) is 0 Å². The Kier molecular flexibility index (Phi) is 13.2. The van der Waals surface area contributed by atoms with Crippen LogP contribution in [0.15, 0.2) is 65.9 Å². The third-order valence-corrected chi connectivity index (χ3v) is 4.62. The van der Waals surface area contributed by atoms with Crippen LogP contribution in [-0.4, -0.2) is 19.5 Å². The molecule has 0 aliphatic heterocycles. The Balaban J connectivity index is 0.000000566. The zero-order valence-corrected chi connectivity index (χ0v) is 22.7. The molecule has 0 aliphatic rings. The highest BCUT2D eigenvalue weighted by Crippen LogP contribution is 2.33. The Labute approximate surface area is 235 Å². The molecular weight excluding hydrogens is 681 g/mol. The van der Waals surface area contributed by atoms with Crippen molar-refractivity contribution in [3.63, 3.8) is 0 Å². The van der Waals surface area contributed by atoms with Crippen LogP contribution in [0, 0.1) is 13.8 Å². The van der Waals surface area contributed by atoms with Crippen molar-refractivity contribution >= 4 is 51.3 Å². The molecule has 0 spiro atoms. The molecule has 6 nitrogen and oxygen atoms in total. The van der Waals surface area contributed by atoms with Crippen molar-refractivity contribution in [1.29, 1.82) is 0 Å². The second-order valence-corrected chi connectivity index (χ2v) is 8.15. The van der Waals surface area contributed by atoms with Crippen molar-refractivity contribution in [1.82, 2.24) is 19.5 Å². The van der Waals surface area contributed by atoms with Crippen LogP contribution < -0.4 is 11.5 Å². The SMILES string of the molecule is C.Cc1cn(-c2cc(N)cc(C(F)(F)F)c2)cn1.Cc1cnc[nH]1.I.Nc1cc(Br)cc(C(F)(F)F)c1. The van der Waals surface area contributed by atoms with Crippen molar-refractivity contribution < 1.29 is 26.3 Å². The number of nitrogens with zero attached hydrogens (tertiary/aromatic N) is 3. The number of halogens is 8. The number of anilines is 2. The minimum Gasteiger partial charge on any atom is -0.399 e. The minimum atomic E-state index is -4.40. The van der Waals surface area contributed by atoms with Crippen LogP contribution in [0.2, 0.25) is 0 Å². The maximum Gasteiger partial charge on any atom is 0.416 e. The van der Waals surface area contributed by atoms with E-state index >= 15 is 0 Å². The normalized spacial score (nSPS) is 10.6. The molecule has 204 valence electrons. The molecule has 0 radical (unpaired) electrons. The molecular formula is C23H26BrF6IN6. The zero-order valence-electron chi connectivity index (χ0n) is 18.8. The molecule has 4 rings (SSSR count). The number of nitrogens with two attached hydrogens (primary N) is 2. The van der Waals surface area contributed by atoms with E-state index in [0.717, 1.165) is 35.7 Å². The lowest BCUT2D eigenvalue weighted by Crippen LogP contribution is -2.07. The Morgan fingerprint density at radius 2 is 1.41 bits per heavy atom. The number of aromatic nitrogens is 4. The van der Waals surface area contributed by atoms with Gasteiger partial charge in [-0.05, 0) is 50.2 Å². The predicted molar refractivity (Wildman–Crippen MR) is 147 cm³/mol. The van der Waals surface area contributed by atoms with Gasteiger partial charge in [-0.2, -0.15) is 26.3 Å². The van der Waals surface area contributed by atoms with Gasteiger partial charge in [-0.25, -0.2) is 9.97 Å². The molecule has 14 heteroatoms. The third kappa shape index (κ3) is 11.5. The Morgan fingerprint density at radius 1 is 0.865 bits per heavy atom.